The predicted octanol–water partition coefficient (Wildman–Crippen LogP) is 5.54. The number of carbonyl (C=O) groups is 1. The summed E-state index contributed by atoms with van der Waals surface area (Å²) >= 11 is 6.20. The number of hydrogen-bond acceptors (Lipinski definition) is 1. The van der Waals surface area contributed by atoms with Crippen molar-refractivity contribution < 1.29 is 4.79 Å². The second-order valence-corrected chi connectivity index (χ2v) is 6.87. The average Bonchev–Trinajstić information content (AvgIpc) is 2.54. The Morgan fingerprint density at radius 3 is 2.33 bits per heavy atom. The molecule has 0 aliphatic rings. The lowest BCUT2D eigenvalue weighted by Gasteiger charge is -2.25. The average molecular weight is 342 g/mol. The minimum absolute atomic E-state index is 0.0184. The summed E-state index contributed by atoms with van der Waals surface area (Å²) in [6, 6.07) is 17.4. The molecule has 3 heteroatoms. The molecule has 2 rings (SSSR count). The van der Waals surface area contributed by atoms with Crippen LogP contribution in [0.15, 0.2) is 60.2 Å². The number of hydrogen-bond donors (Lipinski definition) is 0. The first kappa shape index (κ1) is 18.3. The molecule has 0 heterocycles. The highest BCUT2D eigenvalue weighted by molar-refractivity contribution is 6.33. The summed E-state index contributed by atoms with van der Waals surface area (Å²) in [6.07, 6.45) is 2.12. The van der Waals surface area contributed by atoms with Gasteiger partial charge in [-0.15, -0.1) is 0 Å². The van der Waals surface area contributed by atoms with Crippen molar-refractivity contribution in [3.8, 4) is 0 Å². The number of nitrogens with zero attached hydrogens (tertiary/aromatic N) is 1. The zero-order valence-electron chi connectivity index (χ0n) is 14.5. The van der Waals surface area contributed by atoms with E-state index in [1.165, 1.54) is 0 Å². The zero-order valence-corrected chi connectivity index (χ0v) is 15.3. The summed E-state index contributed by atoms with van der Waals surface area (Å²) in [5, 5.41) is 0.501. The van der Waals surface area contributed by atoms with Gasteiger partial charge in [-0.05, 0) is 30.5 Å². The molecule has 0 N–H and O–H groups in total. The number of carbonyl (C=O) groups excluding carboxylic acids is 1. The Labute approximate surface area is 149 Å². The molecule has 0 aliphatic carbocycles. The van der Waals surface area contributed by atoms with Crippen molar-refractivity contribution in [1.82, 2.24) is 4.90 Å². The molecule has 0 spiro atoms. The van der Waals surface area contributed by atoms with E-state index in [1.807, 2.05) is 35.2 Å². The minimum Gasteiger partial charge on any atom is -0.334 e. The van der Waals surface area contributed by atoms with Crippen molar-refractivity contribution in [1.29, 1.82) is 0 Å². The fourth-order valence-corrected chi connectivity index (χ4v) is 2.86. The summed E-state index contributed by atoms with van der Waals surface area (Å²) in [7, 11) is 0. The maximum atomic E-state index is 12.9. The second kappa shape index (κ2) is 8.70. The normalized spacial score (nSPS) is 11.6. The van der Waals surface area contributed by atoms with Gasteiger partial charge >= 0.3 is 0 Å². The van der Waals surface area contributed by atoms with Crippen molar-refractivity contribution in [2.24, 2.45) is 5.92 Å². The molecule has 0 bridgehead atoms. The van der Waals surface area contributed by atoms with Gasteiger partial charge in [0.05, 0.1) is 10.6 Å². The van der Waals surface area contributed by atoms with Gasteiger partial charge < -0.3 is 4.90 Å². The third-order valence-corrected chi connectivity index (χ3v) is 3.96. The van der Waals surface area contributed by atoms with Crippen molar-refractivity contribution in [2.45, 2.75) is 20.8 Å². The van der Waals surface area contributed by atoms with E-state index in [9.17, 15) is 4.79 Å². The maximum absolute atomic E-state index is 12.9. The Morgan fingerprint density at radius 2 is 1.71 bits per heavy atom. The van der Waals surface area contributed by atoms with Crippen molar-refractivity contribution in [2.75, 3.05) is 13.1 Å². The highest BCUT2D eigenvalue weighted by atomic mass is 35.5. The Kier molecular flexibility index (Phi) is 6.62. The van der Waals surface area contributed by atoms with Crippen LogP contribution < -0.4 is 0 Å². The molecule has 2 aromatic carbocycles. The van der Waals surface area contributed by atoms with Gasteiger partial charge in [-0.3, -0.25) is 4.79 Å². The van der Waals surface area contributed by atoms with Crippen LogP contribution in [0.4, 0.5) is 0 Å². The van der Waals surface area contributed by atoms with Gasteiger partial charge in [-0.25, -0.2) is 0 Å². The van der Waals surface area contributed by atoms with Crippen LogP contribution in [0.25, 0.3) is 6.08 Å². The molecule has 0 unspecified atom stereocenters. The molecule has 2 nitrogen and oxygen atoms in total. The van der Waals surface area contributed by atoms with Crippen LogP contribution in [0, 0.1) is 5.92 Å². The third kappa shape index (κ3) is 5.24. The SMILES string of the molecule is C/C(=C\c1ccccc1)CN(CC(C)C)C(=O)c1ccccc1Cl. The van der Waals surface area contributed by atoms with Crippen molar-refractivity contribution >= 4 is 23.6 Å². The Balaban J connectivity index is 2.21. The molecule has 126 valence electrons. The summed E-state index contributed by atoms with van der Waals surface area (Å²) in [5.74, 6) is 0.371. The van der Waals surface area contributed by atoms with E-state index in [0.29, 0.717) is 29.6 Å². The van der Waals surface area contributed by atoms with Crippen LogP contribution in [0.2, 0.25) is 5.02 Å². The molecule has 0 saturated carbocycles. The van der Waals surface area contributed by atoms with Gasteiger partial charge in [0.1, 0.15) is 0 Å². The minimum atomic E-state index is -0.0184. The molecule has 0 fully saturated rings. The molecule has 0 atom stereocenters. The smallest absolute Gasteiger partial charge is 0.255 e. The molecular weight excluding hydrogens is 318 g/mol. The lowest BCUT2D eigenvalue weighted by molar-refractivity contribution is 0.0752. The van der Waals surface area contributed by atoms with Crippen LogP contribution in [-0.4, -0.2) is 23.9 Å². The quantitative estimate of drug-likeness (QED) is 0.675. The molecule has 24 heavy (non-hydrogen) atoms. The molecule has 1 amide bonds. The topological polar surface area (TPSA) is 20.3 Å². The summed E-state index contributed by atoms with van der Waals surface area (Å²) in [4.78, 5) is 14.8. The van der Waals surface area contributed by atoms with E-state index in [1.54, 1.807) is 12.1 Å². The van der Waals surface area contributed by atoms with Gasteiger partial charge in [0, 0.05) is 13.1 Å². The fraction of sp³-hybridized carbons (Fsp3) is 0.286. The van der Waals surface area contributed by atoms with E-state index in [0.717, 1.165) is 11.1 Å². The highest BCUT2D eigenvalue weighted by Gasteiger charge is 2.19. The van der Waals surface area contributed by atoms with Crippen LogP contribution in [0.3, 0.4) is 0 Å². The summed E-state index contributed by atoms with van der Waals surface area (Å²) < 4.78 is 0. The summed E-state index contributed by atoms with van der Waals surface area (Å²) in [6.45, 7) is 7.58. The Hall–Kier alpha value is -2.06. The zero-order chi connectivity index (χ0) is 17.5. The largest absolute Gasteiger partial charge is 0.334 e. The van der Waals surface area contributed by atoms with Crippen molar-refractivity contribution in [3.05, 3.63) is 76.3 Å². The van der Waals surface area contributed by atoms with Gasteiger partial charge in [-0.2, -0.15) is 0 Å². The molecular formula is C21H24ClNO. The van der Waals surface area contributed by atoms with Gasteiger partial charge in [-0.1, -0.05) is 79.6 Å². The van der Waals surface area contributed by atoms with Crippen LogP contribution >= 0.6 is 11.6 Å². The first-order chi connectivity index (χ1) is 11.5. The van der Waals surface area contributed by atoms with E-state index < -0.39 is 0 Å². The first-order valence-corrected chi connectivity index (χ1v) is 8.61. The monoisotopic (exact) mass is 341 g/mol. The van der Waals surface area contributed by atoms with E-state index in [4.69, 9.17) is 11.6 Å². The Morgan fingerprint density at radius 1 is 1.08 bits per heavy atom. The van der Waals surface area contributed by atoms with E-state index in [-0.39, 0.29) is 5.91 Å². The highest BCUT2D eigenvalue weighted by Crippen LogP contribution is 2.19. The number of benzene rings is 2. The maximum Gasteiger partial charge on any atom is 0.255 e. The van der Waals surface area contributed by atoms with Crippen LogP contribution in [0.5, 0.6) is 0 Å². The molecule has 0 radical (unpaired) electrons. The third-order valence-electron chi connectivity index (χ3n) is 3.63. The van der Waals surface area contributed by atoms with Gasteiger partial charge in [0.15, 0.2) is 0 Å². The van der Waals surface area contributed by atoms with Crippen molar-refractivity contribution in [3.63, 3.8) is 0 Å². The number of rotatable bonds is 6. The lowest BCUT2D eigenvalue weighted by atomic mass is 10.1. The van der Waals surface area contributed by atoms with Crippen LogP contribution in [-0.2, 0) is 0 Å². The number of amides is 1. The Bertz CT molecular complexity index is 707. The van der Waals surface area contributed by atoms with Crippen LogP contribution in [0.1, 0.15) is 36.7 Å². The first-order valence-electron chi connectivity index (χ1n) is 8.23. The van der Waals surface area contributed by atoms with Gasteiger partial charge in [0.2, 0.25) is 0 Å². The summed E-state index contributed by atoms with van der Waals surface area (Å²) in [5.41, 5.74) is 2.85. The molecule has 0 saturated heterocycles. The second-order valence-electron chi connectivity index (χ2n) is 6.46. The standard InChI is InChI=1S/C21H24ClNO/c1-16(2)14-23(21(24)19-11-7-8-12-20(19)22)15-17(3)13-18-9-5-4-6-10-18/h4-13,16H,14-15H2,1-3H3/b17-13+. The lowest BCUT2D eigenvalue weighted by Crippen LogP contribution is -2.35. The predicted molar refractivity (Wildman–Crippen MR) is 102 cm³/mol. The molecule has 2 aromatic rings. The fourth-order valence-electron chi connectivity index (χ4n) is 2.65. The van der Waals surface area contributed by atoms with E-state index >= 15 is 0 Å². The molecule has 0 aliphatic heterocycles. The number of halogens is 1. The molecule has 0 aromatic heterocycles. The van der Waals surface area contributed by atoms with Gasteiger partial charge in [0.25, 0.3) is 5.91 Å². The van der Waals surface area contributed by atoms with E-state index in [2.05, 4.69) is 39.0 Å².